The second-order valence-electron chi connectivity index (χ2n) is 7.27. The molecule has 0 saturated carbocycles. The number of rotatable bonds is 7. The van der Waals surface area contributed by atoms with E-state index in [1.165, 1.54) is 6.33 Å². The van der Waals surface area contributed by atoms with Crippen molar-refractivity contribution >= 4 is 17.0 Å². The largest absolute Gasteiger partial charge is 0.440 e. The normalized spacial score (nSPS) is 12.4. The molecule has 1 unspecified atom stereocenters. The number of hydrogen-bond acceptors (Lipinski definition) is 5. The minimum atomic E-state index is -0.146. The minimum Gasteiger partial charge on any atom is -0.440 e. The first-order valence-corrected chi connectivity index (χ1v) is 9.69. The van der Waals surface area contributed by atoms with Gasteiger partial charge in [0, 0.05) is 18.0 Å². The number of oxazole rings is 1. The first-order chi connectivity index (χ1) is 14.1. The van der Waals surface area contributed by atoms with Crippen LogP contribution in [0, 0.1) is 0 Å². The van der Waals surface area contributed by atoms with Gasteiger partial charge >= 0.3 is 0 Å². The van der Waals surface area contributed by atoms with Crippen LogP contribution >= 0.6 is 0 Å². The van der Waals surface area contributed by atoms with Gasteiger partial charge in [0.2, 0.25) is 0 Å². The molecule has 1 N–H and O–H groups in total. The zero-order chi connectivity index (χ0) is 20.2. The standard InChI is InChI=1S/C22H23N5O2/c1-15(2)22-26-19-12-17(8-9-20(19)29-22)21(28)25-18(16-6-4-3-5-7-16)10-11-27-14-23-13-24-27/h3-9,12-15,18H,10-11H2,1-2H3,(H,25,28). The summed E-state index contributed by atoms with van der Waals surface area (Å²) in [5.41, 5.74) is 2.99. The smallest absolute Gasteiger partial charge is 0.251 e. The first-order valence-electron chi connectivity index (χ1n) is 9.69. The van der Waals surface area contributed by atoms with Gasteiger partial charge in [0.25, 0.3) is 5.91 Å². The number of fused-ring (bicyclic) bond motifs is 1. The van der Waals surface area contributed by atoms with Crippen molar-refractivity contribution < 1.29 is 9.21 Å². The zero-order valence-corrected chi connectivity index (χ0v) is 16.4. The topological polar surface area (TPSA) is 85.8 Å². The fraction of sp³-hybridized carbons (Fsp3) is 0.273. The van der Waals surface area contributed by atoms with Crippen LogP contribution in [0.2, 0.25) is 0 Å². The van der Waals surface area contributed by atoms with E-state index in [-0.39, 0.29) is 17.9 Å². The molecule has 1 amide bonds. The Labute approximate surface area is 168 Å². The summed E-state index contributed by atoms with van der Waals surface area (Å²) in [5, 5.41) is 7.29. The van der Waals surface area contributed by atoms with Crippen LogP contribution in [-0.4, -0.2) is 25.7 Å². The van der Waals surface area contributed by atoms with Gasteiger partial charge in [-0.05, 0) is 30.2 Å². The van der Waals surface area contributed by atoms with E-state index in [2.05, 4.69) is 20.4 Å². The number of aromatic nitrogens is 4. The van der Waals surface area contributed by atoms with E-state index < -0.39 is 0 Å². The summed E-state index contributed by atoms with van der Waals surface area (Å²) in [7, 11) is 0. The van der Waals surface area contributed by atoms with Crippen molar-refractivity contribution in [1.29, 1.82) is 0 Å². The molecule has 0 saturated heterocycles. The van der Waals surface area contributed by atoms with Crippen LogP contribution in [0.1, 0.15) is 54.0 Å². The summed E-state index contributed by atoms with van der Waals surface area (Å²) in [6.45, 7) is 4.70. The van der Waals surface area contributed by atoms with E-state index in [0.29, 0.717) is 35.5 Å². The van der Waals surface area contributed by atoms with Crippen LogP contribution in [0.4, 0.5) is 0 Å². The maximum Gasteiger partial charge on any atom is 0.251 e. The molecule has 7 heteroatoms. The van der Waals surface area contributed by atoms with Crippen LogP contribution in [0.25, 0.3) is 11.1 Å². The maximum atomic E-state index is 13.0. The Hall–Kier alpha value is -3.48. The van der Waals surface area contributed by atoms with E-state index in [0.717, 1.165) is 5.56 Å². The molecule has 29 heavy (non-hydrogen) atoms. The molecule has 2 heterocycles. The third-order valence-electron chi connectivity index (χ3n) is 4.78. The highest BCUT2D eigenvalue weighted by Crippen LogP contribution is 2.23. The van der Waals surface area contributed by atoms with Gasteiger partial charge in [-0.25, -0.2) is 9.97 Å². The highest BCUT2D eigenvalue weighted by atomic mass is 16.3. The molecule has 0 aliphatic heterocycles. The summed E-state index contributed by atoms with van der Waals surface area (Å²) < 4.78 is 7.50. The van der Waals surface area contributed by atoms with Crippen LogP contribution in [-0.2, 0) is 6.54 Å². The number of amides is 1. The van der Waals surface area contributed by atoms with Gasteiger partial charge in [-0.3, -0.25) is 9.48 Å². The summed E-state index contributed by atoms with van der Waals surface area (Å²) in [4.78, 5) is 21.4. The summed E-state index contributed by atoms with van der Waals surface area (Å²) in [5.74, 6) is 0.722. The maximum absolute atomic E-state index is 13.0. The molecule has 1 atom stereocenters. The average Bonchev–Trinajstić information content (AvgIpc) is 3.40. The summed E-state index contributed by atoms with van der Waals surface area (Å²) >= 11 is 0. The van der Waals surface area contributed by atoms with E-state index in [1.807, 2.05) is 44.2 Å². The number of carbonyl (C=O) groups excluding carboxylic acids is 1. The van der Waals surface area contributed by atoms with E-state index >= 15 is 0 Å². The SMILES string of the molecule is CC(C)c1nc2cc(C(=O)NC(CCn3cncn3)c3ccccc3)ccc2o1. The molecule has 4 rings (SSSR count). The Bertz CT molecular complexity index is 1090. The van der Waals surface area contributed by atoms with Gasteiger partial charge in [0.15, 0.2) is 11.5 Å². The fourth-order valence-electron chi connectivity index (χ4n) is 3.19. The lowest BCUT2D eigenvalue weighted by atomic mass is 10.0. The fourth-order valence-corrected chi connectivity index (χ4v) is 3.19. The second-order valence-corrected chi connectivity index (χ2v) is 7.27. The predicted octanol–water partition coefficient (Wildman–Crippen LogP) is 4.10. The van der Waals surface area contributed by atoms with Crippen LogP contribution in [0.5, 0.6) is 0 Å². The number of nitrogens with one attached hydrogen (secondary N) is 1. The molecule has 0 spiro atoms. The molecule has 0 fully saturated rings. The van der Waals surface area contributed by atoms with Gasteiger partial charge in [-0.1, -0.05) is 44.2 Å². The van der Waals surface area contributed by atoms with Crippen molar-refractivity contribution in [2.75, 3.05) is 0 Å². The van der Waals surface area contributed by atoms with Crippen molar-refractivity contribution in [3.05, 3.63) is 78.2 Å². The molecule has 0 aliphatic rings. The van der Waals surface area contributed by atoms with E-state index in [1.54, 1.807) is 29.2 Å². The van der Waals surface area contributed by atoms with Gasteiger partial charge in [-0.2, -0.15) is 5.10 Å². The number of carbonyl (C=O) groups is 1. The van der Waals surface area contributed by atoms with Crippen molar-refractivity contribution in [2.24, 2.45) is 0 Å². The molecule has 0 bridgehead atoms. The van der Waals surface area contributed by atoms with Crippen LogP contribution < -0.4 is 5.32 Å². The Balaban J connectivity index is 1.54. The Morgan fingerprint density at radius 1 is 1.17 bits per heavy atom. The number of nitrogens with zero attached hydrogens (tertiary/aromatic N) is 4. The lowest BCUT2D eigenvalue weighted by Gasteiger charge is -2.19. The average molecular weight is 389 g/mol. The molecule has 2 aromatic carbocycles. The van der Waals surface area contributed by atoms with Gasteiger partial charge in [0.1, 0.15) is 18.2 Å². The molecule has 148 valence electrons. The van der Waals surface area contributed by atoms with E-state index in [9.17, 15) is 4.79 Å². The van der Waals surface area contributed by atoms with E-state index in [4.69, 9.17) is 4.42 Å². The van der Waals surface area contributed by atoms with Gasteiger partial charge in [-0.15, -0.1) is 0 Å². The first kappa shape index (κ1) is 18.9. The Morgan fingerprint density at radius 2 is 2.00 bits per heavy atom. The summed E-state index contributed by atoms with van der Waals surface area (Å²) in [6, 6.07) is 15.1. The molecule has 0 radical (unpaired) electrons. The number of aryl methyl sites for hydroxylation is 1. The minimum absolute atomic E-state index is 0.145. The highest BCUT2D eigenvalue weighted by molar-refractivity contribution is 5.97. The number of hydrogen-bond donors (Lipinski definition) is 1. The summed E-state index contributed by atoms with van der Waals surface area (Å²) in [6.07, 6.45) is 3.88. The quantitative estimate of drug-likeness (QED) is 0.514. The monoisotopic (exact) mass is 389 g/mol. The highest BCUT2D eigenvalue weighted by Gasteiger charge is 2.18. The van der Waals surface area contributed by atoms with Crippen molar-refractivity contribution in [2.45, 2.75) is 38.8 Å². The molecule has 2 aromatic heterocycles. The molecule has 4 aromatic rings. The molecule has 7 nitrogen and oxygen atoms in total. The van der Waals surface area contributed by atoms with Crippen LogP contribution in [0.15, 0.2) is 65.6 Å². The van der Waals surface area contributed by atoms with Crippen molar-refractivity contribution in [1.82, 2.24) is 25.1 Å². The predicted molar refractivity (Wildman–Crippen MR) is 109 cm³/mol. The molecular weight excluding hydrogens is 366 g/mol. The van der Waals surface area contributed by atoms with Crippen LogP contribution in [0.3, 0.4) is 0 Å². The van der Waals surface area contributed by atoms with Crippen molar-refractivity contribution in [3.8, 4) is 0 Å². The Kier molecular flexibility index (Phi) is 5.37. The Morgan fingerprint density at radius 3 is 2.72 bits per heavy atom. The van der Waals surface area contributed by atoms with Gasteiger partial charge < -0.3 is 9.73 Å². The third-order valence-corrected chi connectivity index (χ3v) is 4.78. The van der Waals surface area contributed by atoms with Gasteiger partial charge in [0.05, 0.1) is 6.04 Å². The third kappa shape index (κ3) is 4.34. The number of benzene rings is 2. The molecule has 0 aliphatic carbocycles. The molecular formula is C22H23N5O2. The second kappa shape index (κ2) is 8.26. The zero-order valence-electron chi connectivity index (χ0n) is 16.4. The van der Waals surface area contributed by atoms with Crippen molar-refractivity contribution in [3.63, 3.8) is 0 Å². The lowest BCUT2D eigenvalue weighted by molar-refractivity contribution is 0.0933. The lowest BCUT2D eigenvalue weighted by Crippen LogP contribution is -2.29.